The van der Waals surface area contributed by atoms with Gasteiger partial charge >= 0.3 is 0 Å². The number of likely N-dealkylation sites (N-methyl/N-ethyl adjacent to an activating group) is 1. The van der Waals surface area contributed by atoms with Gasteiger partial charge in [0.1, 0.15) is 5.82 Å². The molecule has 0 aliphatic carbocycles. The summed E-state index contributed by atoms with van der Waals surface area (Å²) >= 11 is 0. The van der Waals surface area contributed by atoms with Crippen LogP contribution in [-0.2, 0) is 4.79 Å². The first-order chi connectivity index (χ1) is 8.40. The molecule has 1 rings (SSSR count). The number of aryl methyl sites for hydroxylation is 1. The highest BCUT2D eigenvalue weighted by Gasteiger charge is 2.11. The second-order valence-corrected chi connectivity index (χ2v) is 4.96. The first-order valence-corrected chi connectivity index (χ1v) is 6.10. The van der Waals surface area contributed by atoms with E-state index >= 15 is 0 Å². The maximum absolute atomic E-state index is 11.7. The van der Waals surface area contributed by atoms with Crippen molar-refractivity contribution in [2.75, 3.05) is 30.8 Å². The van der Waals surface area contributed by atoms with Gasteiger partial charge in [-0.25, -0.2) is 4.98 Å². The van der Waals surface area contributed by atoms with E-state index in [-0.39, 0.29) is 5.91 Å². The molecule has 0 aliphatic rings. The summed E-state index contributed by atoms with van der Waals surface area (Å²) in [7, 11) is 1.85. The van der Waals surface area contributed by atoms with Gasteiger partial charge in [0.25, 0.3) is 0 Å². The zero-order valence-electron chi connectivity index (χ0n) is 11.5. The van der Waals surface area contributed by atoms with Crippen LogP contribution in [0.2, 0.25) is 0 Å². The third kappa shape index (κ3) is 4.24. The molecule has 0 unspecified atom stereocenters. The second-order valence-electron chi connectivity index (χ2n) is 4.96. The van der Waals surface area contributed by atoms with Crippen LogP contribution in [0, 0.1) is 12.8 Å². The monoisotopic (exact) mass is 250 g/mol. The van der Waals surface area contributed by atoms with Crippen molar-refractivity contribution in [2.45, 2.75) is 20.8 Å². The van der Waals surface area contributed by atoms with Gasteiger partial charge in [-0.2, -0.15) is 0 Å². The maximum atomic E-state index is 11.7. The van der Waals surface area contributed by atoms with Crippen molar-refractivity contribution in [2.24, 2.45) is 5.92 Å². The van der Waals surface area contributed by atoms with Crippen molar-refractivity contribution < 1.29 is 4.79 Å². The standard InChI is InChI=1S/C13H22N4O/c1-9(2)6-15-12(18)8-17(4)13-10(3)5-11(14)7-16-13/h5,7,9H,6,8,14H2,1-4H3,(H,15,18). The minimum absolute atomic E-state index is 0.00391. The fourth-order valence-electron chi connectivity index (χ4n) is 1.65. The molecule has 0 saturated heterocycles. The highest BCUT2D eigenvalue weighted by atomic mass is 16.2. The number of carbonyl (C=O) groups is 1. The zero-order valence-corrected chi connectivity index (χ0v) is 11.5. The van der Waals surface area contributed by atoms with Gasteiger partial charge in [0.05, 0.1) is 18.4 Å². The van der Waals surface area contributed by atoms with E-state index in [1.165, 1.54) is 0 Å². The van der Waals surface area contributed by atoms with Gasteiger partial charge < -0.3 is 16.0 Å². The molecule has 1 aromatic heterocycles. The van der Waals surface area contributed by atoms with Gasteiger partial charge in [-0.15, -0.1) is 0 Å². The topological polar surface area (TPSA) is 71.2 Å². The molecule has 5 nitrogen and oxygen atoms in total. The van der Waals surface area contributed by atoms with Gasteiger partial charge in [0.15, 0.2) is 0 Å². The molecule has 3 N–H and O–H groups in total. The predicted octanol–water partition coefficient (Wildman–Crippen LogP) is 1.18. The molecule has 1 amide bonds. The minimum Gasteiger partial charge on any atom is -0.397 e. The number of hydrogen-bond acceptors (Lipinski definition) is 4. The average Bonchev–Trinajstić information content (AvgIpc) is 2.26. The summed E-state index contributed by atoms with van der Waals surface area (Å²) in [5, 5.41) is 2.88. The molecule has 18 heavy (non-hydrogen) atoms. The highest BCUT2D eigenvalue weighted by Crippen LogP contribution is 2.17. The van der Waals surface area contributed by atoms with Crippen LogP contribution in [0.5, 0.6) is 0 Å². The first kappa shape index (κ1) is 14.3. The number of carbonyl (C=O) groups excluding carboxylic acids is 1. The van der Waals surface area contributed by atoms with Crippen LogP contribution in [0.15, 0.2) is 12.3 Å². The lowest BCUT2D eigenvalue weighted by molar-refractivity contribution is -0.119. The Bertz CT molecular complexity index is 417. The molecule has 100 valence electrons. The summed E-state index contributed by atoms with van der Waals surface area (Å²) in [6, 6.07) is 1.85. The summed E-state index contributed by atoms with van der Waals surface area (Å²) in [5.74, 6) is 1.24. The molecule has 0 aromatic carbocycles. The molecule has 0 saturated carbocycles. The second kappa shape index (κ2) is 6.23. The Hall–Kier alpha value is -1.78. The molecule has 5 heteroatoms. The summed E-state index contributed by atoms with van der Waals surface area (Å²) in [5.41, 5.74) is 7.25. The molecular formula is C13H22N4O. The third-order valence-corrected chi connectivity index (χ3v) is 2.52. The van der Waals surface area contributed by atoms with E-state index in [1.807, 2.05) is 24.9 Å². The molecule has 1 aromatic rings. The molecule has 0 atom stereocenters. The van der Waals surface area contributed by atoms with Gasteiger partial charge in [0.2, 0.25) is 5.91 Å². The van der Waals surface area contributed by atoms with Gasteiger partial charge in [-0.05, 0) is 24.5 Å². The lowest BCUT2D eigenvalue weighted by Gasteiger charge is -2.20. The van der Waals surface area contributed by atoms with Crippen molar-refractivity contribution in [1.82, 2.24) is 10.3 Å². The molecule has 0 fully saturated rings. The molecular weight excluding hydrogens is 228 g/mol. The fourth-order valence-corrected chi connectivity index (χ4v) is 1.65. The number of nitrogen functional groups attached to an aromatic ring is 1. The largest absolute Gasteiger partial charge is 0.397 e. The van der Waals surface area contributed by atoms with E-state index in [1.54, 1.807) is 6.20 Å². The van der Waals surface area contributed by atoms with E-state index in [2.05, 4.69) is 24.1 Å². The van der Waals surface area contributed by atoms with Crippen molar-refractivity contribution >= 4 is 17.4 Å². The van der Waals surface area contributed by atoms with Crippen LogP contribution >= 0.6 is 0 Å². The first-order valence-electron chi connectivity index (χ1n) is 6.10. The van der Waals surface area contributed by atoms with Crippen LogP contribution in [0.1, 0.15) is 19.4 Å². The van der Waals surface area contributed by atoms with E-state index in [9.17, 15) is 4.79 Å². The number of nitrogens with one attached hydrogen (secondary N) is 1. The van der Waals surface area contributed by atoms with E-state index in [4.69, 9.17) is 5.73 Å². The van der Waals surface area contributed by atoms with Crippen LogP contribution < -0.4 is 16.0 Å². The number of pyridine rings is 1. The lowest BCUT2D eigenvalue weighted by Crippen LogP contribution is -2.37. The number of aromatic nitrogens is 1. The van der Waals surface area contributed by atoms with E-state index < -0.39 is 0 Å². The van der Waals surface area contributed by atoms with E-state index in [0.29, 0.717) is 24.7 Å². The molecule has 0 spiro atoms. The maximum Gasteiger partial charge on any atom is 0.239 e. The van der Waals surface area contributed by atoms with Gasteiger partial charge in [-0.3, -0.25) is 4.79 Å². The number of rotatable bonds is 5. The summed E-state index contributed by atoms with van der Waals surface area (Å²) in [6.45, 7) is 7.05. The fraction of sp³-hybridized carbons (Fsp3) is 0.538. The third-order valence-electron chi connectivity index (χ3n) is 2.52. The summed E-state index contributed by atoms with van der Waals surface area (Å²) in [4.78, 5) is 17.8. The van der Waals surface area contributed by atoms with Crippen LogP contribution in [-0.4, -0.2) is 31.0 Å². The predicted molar refractivity (Wildman–Crippen MR) is 74.5 cm³/mol. The summed E-state index contributed by atoms with van der Waals surface area (Å²) < 4.78 is 0. The summed E-state index contributed by atoms with van der Waals surface area (Å²) in [6.07, 6.45) is 1.60. The Balaban J connectivity index is 2.59. The quantitative estimate of drug-likeness (QED) is 0.823. The highest BCUT2D eigenvalue weighted by molar-refractivity contribution is 5.81. The molecule has 1 heterocycles. The number of hydrogen-bond donors (Lipinski definition) is 2. The van der Waals surface area contributed by atoms with Crippen molar-refractivity contribution in [1.29, 1.82) is 0 Å². The normalized spacial score (nSPS) is 10.5. The Morgan fingerprint density at radius 1 is 1.56 bits per heavy atom. The number of amides is 1. The Labute approximate surface area is 108 Å². The average molecular weight is 250 g/mol. The Morgan fingerprint density at radius 3 is 2.78 bits per heavy atom. The molecule has 0 aliphatic heterocycles. The Morgan fingerprint density at radius 2 is 2.22 bits per heavy atom. The van der Waals surface area contributed by atoms with Crippen molar-refractivity contribution in [3.8, 4) is 0 Å². The van der Waals surface area contributed by atoms with E-state index in [0.717, 1.165) is 11.4 Å². The zero-order chi connectivity index (χ0) is 13.7. The molecule has 0 bridgehead atoms. The minimum atomic E-state index is 0.00391. The molecule has 0 radical (unpaired) electrons. The van der Waals surface area contributed by atoms with Gasteiger partial charge in [-0.1, -0.05) is 13.8 Å². The lowest BCUT2D eigenvalue weighted by atomic mass is 10.2. The van der Waals surface area contributed by atoms with Crippen molar-refractivity contribution in [3.63, 3.8) is 0 Å². The van der Waals surface area contributed by atoms with Crippen molar-refractivity contribution in [3.05, 3.63) is 17.8 Å². The van der Waals surface area contributed by atoms with Crippen LogP contribution in [0.3, 0.4) is 0 Å². The van der Waals surface area contributed by atoms with Crippen LogP contribution in [0.25, 0.3) is 0 Å². The van der Waals surface area contributed by atoms with Gasteiger partial charge in [0, 0.05) is 13.6 Å². The number of nitrogens with two attached hydrogens (primary N) is 1. The number of nitrogens with zero attached hydrogens (tertiary/aromatic N) is 2. The van der Waals surface area contributed by atoms with Crippen LogP contribution in [0.4, 0.5) is 11.5 Å². The smallest absolute Gasteiger partial charge is 0.239 e. The SMILES string of the molecule is Cc1cc(N)cnc1N(C)CC(=O)NCC(C)C. The Kier molecular flexibility index (Phi) is 4.95. The number of anilines is 2.